The lowest BCUT2D eigenvalue weighted by Crippen LogP contribution is -2.43. The van der Waals surface area contributed by atoms with E-state index in [0.29, 0.717) is 5.56 Å². The normalized spacial score (nSPS) is 12.2. The highest BCUT2D eigenvalue weighted by atomic mass is 16.2. The molecular weight excluding hydrogens is 302 g/mol. The summed E-state index contributed by atoms with van der Waals surface area (Å²) >= 11 is 0. The van der Waals surface area contributed by atoms with Gasteiger partial charge >= 0.3 is 0 Å². The first kappa shape index (κ1) is 17.1. The number of nitrogens with one attached hydrogen (secondary N) is 2. The standard InChI is InChI=1S/C19H19N3O2/c1-15(21-19(24)17-12-6-3-7-13-17)18(23)22-20-14-8-11-16-9-4-2-5-10-16/h2-15H,1H3,(H,21,24)(H,22,23)/b11-8+,20-14+. The van der Waals surface area contributed by atoms with Crippen LogP contribution in [0.1, 0.15) is 22.8 Å². The minimum atomic E-state index is -0.687. The van der Waals surface area contributed by atoms with E-state index in [1.807, 2.05) is 42.5 Å². The van der Waals surface area contributed by atoms with Crippen molar-refractivity contribution in [1.29, 1.82) is 0 Å². The maximum atomic E-state index is 12.0. The Morgan fingerprint density at radius 2 is 1.62 bits per heavy atom. The molecule has 0 saturated heterocycles. The van der Waals surface area contributed by atoms with Crippen molar-refractivity contribution in [3.05, 3.63) is 77.9 Å². The van der Waals surface area contributed by atoms with Crippen LogP contribution in [0, 0.1) is 0 Å². The summed E-state index contributed by atoms with van der Waals surface area (Å²) in [5, 5.41) is 6.44. The number of carbonyl (C=O) groups is 2. The molecule has 0 bridgehead atoms. The molecule has 0 heterocycles. The van der Waals surface area contributed by atoms with Crippen LogP contribution in [0.5, 0.6) is 0 Å². The third kappa shape index (κ3) is 5.53. The largest absolute Gasteiger partial charge is 0.340 e. The Morgan fingerprint density at radius 3 is 2.29 bits per heavy atom. The summed E-state index contributed by atoms with van der Waals surface area (Å²) in [7, 11) is 0. The highest BCUT2D eigenvalue weighted by Crippen LogP contribution is 2.00. The highest BCUT2D eigenvalue weighted by molar-refractivity contribution is 5.97. The van der Waals surface area contributed by atoms with Crippen LogP contribution in [0.2, 0.25) is 0 Å². The molecule has 0 aliphatic carbocycles. The van der Waals surface area contributed by atoms with Gasteiger partial charge in [0.25, 0.3) is 11.8 Å². The van der Waals surface area contributed by atoms with Crippen molar-refractivity contribution in [3.8, 4) is 0 Å². The van der Waals surface area contributed by atoms with Crippen molar-refractivity contribution in [2.45, 2.75) is 13.0 Å². The minimum absolute atomic E-state index is 0.300. The van der Waals surface area contributed by atoms with E-state index >= 15 is 0 Å². The summed E-state index contributed by atoms with van der Waals surface area (Å²) in [6.45, 7) is 1.60. The molecule has 2 amide bonds. The van der Waals surface area contributed by atoms with Crippen LogP contribution in [-0.2, 0) is 4.79 Å². The molecule has 0 aromatic heterocycles. The molecule has 5 heteroatoms. The van der Waals surface area contributed by atoms with Gasteiger partial charge in [0.15, 0.2) is 0 Å². The number of hydrazone groups is 1. The Bertz CT molecular complexity index is 725. The number of amides is 2. The molecule has 5 nitrogen and oxygen atoms in total. The number of nitrogens with zero attached hydrogens (tertiary/aromatic N) is 1. The minimum Gasteiger partial charge on any atom is -0.340 e. The zero-order valence-electron chi connectivity index (χ0n) is 13.3. The van der Waals surface area contributed by atoms with Gasteiger partial charge in [-0.3, -0.25) is 9.59 Å². The maximum absolute atomic E-state index is 12.0. The molecule has 2 rings (SSSR count). The molecule has 0 spiro atoms. The van der Waals surface area contributed by atoms with Crippen LogP contribution < -0.4 is 10.7 Å². The summed E-state index contributed by atoms with van der Waals surface area (Å²) in [6.07, 6.45) is 5.08. The van der Waals surface area contributed by atoms with Crippen molar-refractivity contribution >= 4 is 24.1 Å². The fraction of sp³-hybridized carbons (Fsp3) is 0.105. The SMILES string of the molecule is CC(NC(=O)c1ccccc1)C(=O)N/N=C/C=C/c1ccccc1. The van der Waals surface area contributed by atoms with Gasteiger partial charge in [-0.15, -0.1) is 0 Å². The Hall–Kier alpha value is -3.21. The van der Waals surface area contributed by atoms with E-state index in [9.17, 15) is 9.59 Å². The van der Waals surface area contributed by atoms with Gasteiger partial charge in [0.2, 0.25) is 0 Å². The summed E-state index contributed by atoms with van der Waals surface area (Å²) < 4.78 is 0. The molecular formula is C19H19N3O2. The quantitative estimate of drug-likeness (QED) is 0.634. The third-order valence-corrected chi connectivity index (χ3v) is 3.20. The number of hydrogen-bond donors (Lipinski definition) is 2. The van der Waals surface area contributed by atoms with Crippen LogP contribution in [0.25, 0.3) is 6.08 Å². The lowest BCUT2D eigenvalue weighted by atomic mass is 10.2. The molecule has 1 unspecified atom stereocenters. The zero-order chi connectivity index (χ0) is 17.2. The van der Waals surface area contributed by atoms with Crippen LogP contribution in [0.4, 0.5) is 0 Å². The Kier molecular flexibility index (Phi) is 6.46. The van der Waals surface area contributed by atoms with E-state index in [2.05, 4.69) is 15.8 Å². The van der Waals surface area contributed by atoms with Crippen molar-refractivity contribution in [1.82, 2.24) is 10.7 Å². The summed E-state index contributed by atoms with van der Waals surface area (Å²) in [5.74, 6) is -0.685. The lowest BCUT2D eigenvalue weighted by Gasteiger charge is -2.11. The highest BCUT2D eigenvalue weighted by Gasteiger charge is 2.15. The number of rotatable bonds is 6. The average Bonchev–Trinajstić information content (AvgIpc) is 2.62. The van der Waals surface area contributed by atoms with E-state index in [1.54, 1.807) is 37.3 Å². The van der Waals surface area contributed by atoms with Gasteiger partial charge in [-0.1, -0.05) is 54.6 Å². The second kappa shape index (κ2) is 9.05. The van der Waals surface area contributed by atoms with Gasteiger partial charge in [0.05, 0.1) is 0 Å². The van der Waals surface area contributed by atoms with E-state index in [4.69, 9.17) is 0 Å². The maximum Gasteiger partial charge on any atom is 0.262 e. The van der Waals surface area contributed by atoms with E-state index in [1.165, 1.54) is 6.21 Å². The molecule has 0 radical (unpaired) electrons. The Labute approximate surface area is 141 Å². The molecule has 0 aliphatic rings. The van der Waals surface area contributed by atoms with Gasteiger partial charge in [0.1, 0.15) is 6.04 Å². The van der Waals surface area contributed by atoms with Gasteiger partial charge in [-0.2, -0.15) is 5.10 Å². The topological polar surface area (TPSA) is 70.6 Å². The molecule has 2 aromatic carbocycles. The molecule has 2 N–H and O–H groups in total. The van der Waals surface area contributed by atoms with Crippen LogP contribution in [-0.4, -0.2) is 24.1 Å². The van der Waals surface area contributed by atoms with E-state index < -0.39 is 6.04 Å². The van der Waals surface area contributed by atoms with Crippen LogP contribution in [0.3, 0.4) is 0 Å². The molecule has 0 fully saturated rings. The second-order valence-corrected chi connectivity index (χ2v) is 5.09. The van der Waals surface area contributed by atoms with Gasteiger partial charge < -0.3 is 5.32 Å². The first-order chi connectivity index (χ1) is 11.7. The number of allylic oxidation sites excluding steroid dienone is 1. The van der Waals surface area contributed by atoms with Crippen LogP contribution in [0.15, 0.2) is 71.8 Å². The Morgan fingerprint density at radius 1 is 1.00 bits per heavy atom. The molecule has 2 aromatic rings. The average molecular weight is 321 g/mol. The summed E-state index contributed by atoms with van der Waals surface area (Å²) in [6, 6.07) is 17.8. The van der Waals surface area contributed by atoms with E-state index in [0.717, 1.165) is 5.56 Å². The van der Waals surface area contributed by atoms with Crippen molar-refractivity contribution in [2.24, 2.45) is 5.10 Å². The molecule has 1 atom stereocenters. The first-order valence-corrected chi connectivity index (χ1v) is 7.57. The van der Waals surface area contributed by atoms with E-state index in [-0.39, 0.29) is 11.8 Å². The number of hydrogen-bond acceptors (Lipinski definition) is 3. The van der Waals surface area contributed by atoms with Gasteiger partial charge in [0, 0.05) is 11.8 Å². The molecule has 24 heavy (non-hydrogen) atoms. The predicted octanol–water partition coefficient (Wildman–Crippen LogP) is 2.62. The summed E-state index contributed by atoms with van der Waals surface area (Å²) in [5.41, 5.74) is 3.94. The van der Waals surface area contributed by atoms with Crippen LogP contribution >= 0.6 is 0 Å². The third-order valence-electron chi connectivity index (χ3n) is 3.20. The second-order valence-electron chi connectivity index (χ2n) is 5.09. The number of carbonyl (C=O) groups excluding carboxylic acids is 2. The smallest absolute Gasteiger partial charge is 0.262 e. The monoisotopic (exact) mass is 321 g/mol. The fourth-order valence-corrected chi connectivity index (χ4v) is 1.89. The predicted molar refractivity (Wildman–Crippen MR) is 95.5 cm³/mol. The first-order valence-electron chi connectivity index (χ1n) is 7.57. The van der Waals surface area contributed by atoms with Crippen molar-refractivity contribution < 1.29 is 9.59 Å². The summed E-state index contributed by atoms with van der Waals surface area (Å²) in [4.78, 5) is 23.8. The van der Waals surface area contributed by atoms with Gasteiger partial charge in [-0.05, 0) is 30.7 Å². The molecule has 0 aliphatic heterocycles. The number of benzene rings is 2. The van der Waals surface area contributed by atoms with Crippen molar-refractivity contribution in [3.63, 3.8) is 0 Å². The Balaban J connectivity index is 1.78. The lowest BCUT2D eigenvalue weighted by molar-refractivity contribution is -0.122. The fourth-order valence-electron chi connectivity index (χ4n) is 1.89. The molecule has 0 saturated carbocycles. The van der Waals surface area contributed by atoms with Crippen molar-refractivity contribution in [2.75, 3.05) is 0 Å². The van der Waals surface area contributed by atoms with Gasteiger partial charge in [-0.25, -0.2) is 5.43 Å². The zero-order valence-corrected chi connectivity index (χ0v) is 13.3. The molecule has 122 valence electrons.